The molecule has 12 rings (SSSR count). The highest BCUT2D eigenvalue weighted by molar-refractivity contribution is 6.21. The summed E-state index contributed by atoms with van der Waals surface area (Å²) in [4.78, 5) is 0. The van der Waals surface area contributed by atoms with Crippen molar-refractivity contribution in [3.05, 3.63) is 229 Å². The van der Waals surface area contributed by atoms with Gasteiger partial charge in [0.1, 0.15) is 11.2 Å². The third-order valence-electron chi connectivity index (χ3n) is 12.7. The summed E-state index contributed by atoms with van der Waals surface area (Å²) in [5.74, 6) is 0.267. The summed E-state index contributed by atoms with van der Waals surface area (Å²) in [6.07, 6.45) is 0.933. The minimum absolute atomic E-state index is 0.267. The number of furan rings is 1. The normalized spacial score (nSPS) is 13.3. The number of hydrogen-bond donors (Lipinski definition) is 0. The molecule has 1 aromatic heterocycles. The van der Waals surface area contributed by atoms with Gasteiger partial charge < -0.3 is 4.42 Å². The monoisotopic (exact) mass is 750 g/mol. The molecule has 0 bridgehead atoms. The molecule has 1 unspecified atom stereocenters. The van der Waals surface area contributed by atoms with Crippen LogP contribution in [0, 0.1) is 0 Å². The van der Waals surface area contributed by atoms with Gasteiger partial charge in [0.15, 0.2) is 0 Å². The second-order valence-corrected chi connectivity index (χ2v) is 15.9. The van der Waals surface area contributed by atoms with Crippen LogP contribution >= 0.6 is 0 Å². The van der Waals surface area contributed by atoms with Gasteiger partial charge in [0, 0.05) is 22.3 Å². The second kappa shape index (κ2) is 13.6. The molecule has 1 atom stereocenters. The number of benzene rings is 10. The van der Waals surface area contributed by atoms with Gasteiger partial charge in [-0.2, -0.15) is 0 Å². The zero-order valence-corrected chi connectivity index (χ0v) is 32.4. The van der Waals surface area contributed by atoms with Gasteiger partial charge in [-0.05, 0) is 107 Å². The van der Waals surface area contributed by atoms with Gasteiger partial charge in [-0.15, -0.1) is 0 Å². The first-order valence-electron chi connectivity index (χ1n) is 20.6. The highest BCUT2D eigenvalue weighted by Gasteiger charge is 2.29. The van der Waals surface area contributed by atoms with E-state index in [4.69, 9.17) is 4.42 Å². The summed E-state index contributed by atoms with van der Waals surface area (Å²) < 4.78 is 6.38. The van der Waals surface area contributed by atoms with Crippen LogP contribution in [-0.4, -0.2) is 0 Å². The van der Waals surface area contributed by atoms with Gasteiger partial charge in [0.25, 0.3) is 0 Å². The van der Waals surface area contributed by atoms with Crippen LogP contribution in [0.15, 0.2) is 217 Å². The fourth-order valence-corrected chi connectivity index (χ4v) is 9.92. The van der Waals surface area contributed by atoms with E-state index in [1.165, 1.54) is 82.7 Å². The Labute approximate surface area is 343 Å². The first kappa shape index (κ1) is 33.6. The maximum Gasteiger partial charge on any atom is 0.143 e. The van der Waals surface area contributed by atoms with Crippen LogP contribution in [0.5, 0.6) is 0 Å². The number of fused-ring (bicyclic) bond motifs is 8. The van der Waals surface area contributed by atoms with E-state index < -0.39 is 0 Å². The quantitative estimate of drug-likeness (QED) is 0.154. The summed E-state index contributed by atoms with van der Waals surface area (Å²) in [5.41, 5.74) is 18.5. The number of para-hydroxylation sites is 2. The first-order chi connectivity index (χ1) is 29.3. The molecule has 0 aliphatic heterocycles. The van der Waals surface area contributed by atoms with E-state index in [0.717, 1.165) is 39.5 Å². The van der Waals surface area contributed by atoms with Crippen LogP contribution in [0.1, 0.15) is 22.6 Å². The molecule has 276 valence electrons. The fourth-order valence-electron chi connectivity index (χ4n) is 9.92. The van der Waals surface area contributed by atoms with Gasteiger partial charge in [-0.25, -0.2) is 0 Å². The second-order valence-electron chi connectivity index (χ2n) is 15.9. The molecule has 1 nitrogen and oxygen atoms in total. The lowest BCUT2D eigenvalue weighted by atomic mass is 9.85. The van der Waals surface area contributed by atoms with Gasteiger partial charge in [0.05, 0.1) is 0 Å². The van der Waals surface area contributed by atoms with E-state index in [-0.39, 0.29) is 5.92 Å². The topological polar surface area (TPSA) is 13.1 Å². The maximum atomic E-state index is 6.38. The average Bonchev–Trinajstić information content (AvgIpc) is 3.84. The number of rotatable bonds is 6. The lowest BCUT2D eigenvalue weighted by Gasteiger charge is -2.18. The van der Waals surface area contributed by atoms with E-state index >= 15 is 0 Å². The maximum absolute atomic E-state index is 6.38. The van der Waals surface area contributed by atoms with Gasteiger partial charge in [-0.1, -0.05) is 200 Å². The van der Waals surface area contributed by atoms with Crippen LogP contribution in [0.25, 0.3) is 99.1 Å². The summed E-state index contributed by atoms with van der Waals surface area (Å²) >= 11 is 0. The predicted molar refractivity (Wildman–Crippen MR) is 248 cm³/mol. The lowest BCUT2D eigenvalue weighted by Crippen LogP contribution is -2.02. The largest absolute Gasteiger partial charge is 0.455 e. The molecular weight excluding hydrogens is 713 g/mol. The van der Waals surface area contributed by atoms with Gasteiger partial charge in [-0.3, -0.25) is 0 Å². The Morgan fingerprint density at radius 1 is 0.322 bits per heavy atom. The Morgan fingerprint density at radius 3 is 1.54 bits per heavy atom. The zero-order chi connectivity index (χ0) is 38.9. The smallest absolute Gasteiger partial charge is 0.143 e. The molecule has 59 heavy (non-hydrogen) atoms. The molecule has 0 N–H and O–H groups in total. The molecular formula is C58H38O. The Bertz CT molecular complexity index is 3330. The van der Waals surface area contributed by atoms with Crippen molar-refractivity contribution in [3.63, 3.8) is 0 Å². The third-order valence-corrected chi connectivity index (χ3v) is 12.7. The Morgan fingerprint density at radius 2 is 0.831 bits per heavy atom. The van der Waals surface area contributed by atoms with E-state index in [1.54, 1.807) is 0 Å². The minimum Gasteiger partial charge on any atom is -0.455 e. The lowest BCUT2D eigenvalue weighted by molar-refractivity contribution is 0.670. The molecule has 11 aromatic rings. The van der Waals surface area contributed by atoms with Crippen molar-refractivity contribution in [2.45, 2.75) is 12.3 Å². The zero-order valence-electron chi connectivity index (χ0n) is 32.4. The molecule has 1 aliphatic carbocycles. The van der Waals surface area contributed by atoms with Gasteiger partial charge in [0.2, 0.25) is 0 Å². The number of hydrogen-bond acceptors (Lipinski definition) is 1. The highest BCUT2D eigenvalue weighted by atomic mass is 16.3. The van der Waals surface area contributed by atoms with Crippen molar-refractivity contribution in [2.75, 3.05) is 0 Å². The van der Waals surface area contributed by atoms with Crippen molar-refractivity contribution in [2.24, 2.45) is 0 Å². The SMILES string of the molecule is c1ccc(-c2c3ccccc3c(-c3ccc(CC4c5ccccc5-c5ccc(-c6ccc(-c7cccc8c7oc7ccccc78)cc6)cc54)cc3)c3ccccc23)cc1. The van der Waals surface area contributed by atoms with E-state index in [2.05, 4.69) is 200 Å². The molecule has 1 heteroatoms. The predicted octanol–water partition coefficient (Wildman–Crippen LogP) is 15.9. The Kier molecular flexibility index (Phi) is 7.74. The summed E-state index contributed by atoms with van der Waals surface area (Å²) in [6, 6.07) is 77.8. The molecule has 0 saturated heterocycles. The standard InChI is InChI=1S/C58H38O/c1-2-13-40(14-3-1)56-48-18-6-8-20-50(48)57(51-21-9-7-19-49(51)56)41-27-25-37(26-28-41)35-53-45-16-5-4-15-44(45)46-34-33-42(36-54(46)53)38-29-31-39(32-30-38)43-22-12-23-52-47-17-10-11-24-55(47)59-58(43)52/h1-34,36,53H,35H2. The summed E-state index contributed by atoms with van der Waals surface area (Å²) in [7, 11) is 0. The van der Waals surface area contributed by atoms with Crippen LogP contribution in [0.4, 0.5) is 0 Å². The first-order valence-corrected chi connectivity index (χ1v) is 20.6. The molecule has 1 heterocycles. The van der Waals surface area contributed by atoms with Crippen molar-refractivity contribution < 1.29 is 4.42 Å². The molecule has 0 amide bonds. The molecule has 10 aromatic carbocycles. The molecule has 0 fully saturated rings. The highest BCUT2D eigenvalue weighted by Crippen LogP contribution is 2.48. The van der Waals surface area contributed by atoms with Crippen molar-refractivity contribution in [1.82, 2.24) is 0 Å². The summed E-state index contributed by atoms with van der Waals surface area (Å²) in [5, 5.41) is 7.43. The molecule has 0 spiro atoms. The van der Waals surface area contributed by atoms with Crippen molar-refractivity contribution >= 4 is 43.5 Å². The summed E-state index contributed by atoms with van der Waals surface area (Å²) in [6.45, 7) is 0. The van der Waals surface area contributed by atoms with Crippen LogP contribution in [0.3, 0.4) is 0 Å². The van der Waals surface area contributed by atoms with E-state index in [1.807, 2.05) is 12.1 Å². The van der Waals surface area contributed by atoms with Crippen LogP contribution < -0.4 is 0 Å². The van der Waals surface area contributed by atoms with Crippen LogP contribution in [-0.2, 0) is 6.42 Å². The molecule has 0 radical (unpaired) electrons. The molecule has 0 saturated carbocycles. The molecule has 1 aliphatic rings. The van der Waals surface area contributed by atoms with Gasteiger partial charge >= 0.3 is 0 Å². The third kappa shape index (κ3) is 5.47. The van der Waals surface area contributed by atoms with Crippen LogP contribution in [0.2, 0.25) is 0 Å². The van der Waals surface area contributed by atoms with Crippen molar-refractivity contribution in [1.29, 1.82) is 0 Å². The Hall–Kier alpha value is -7.48. The Balaban J connectivity index is 0.892. The minimum atomic E-state index is 0.267. The van der Waals surface area contributed by atoms with Crippen molar-refractivity contribution in [3.8, 4) is 55.6 Å². The van der Waals surface area contributed by atoms with E-state index in [0.29, 0.717) is 0 Å². The fraction of sp³-hybridized carbons (Fsp3) is 0.0345. The van der Waals surface area contributed by atoms with E-state index in [9.17, 15) is 0 Å². The average molecular weight is 751 g/mol.